The molecule has 0 atom stereocenters. The molecular weight excluding hydrogens is 302 g/mol. The molecule has 0 bridgehead atoms. The van der Waals surface area contributed by atoms with Crippen LogP contribution in [-0.4, -0.2) is 0 Å². The Morgan fingerprint density at radius 2 is 1.40 bits per heavy atom. The first-order chi connectivity index (χ1) is 12.1. The molecule has 0 radical (unpaired) electrons. The highest BCUT2D eigenvalue weighted by Crippen LogP contribution is 2.44. The van der Waals surface area contributed by atoms with Gasteiger partial charge in [-0.25, -0.2) is 0 Å². The molecule has 0 aliphatic heterocycles. The van der Waals surface area contributed by atoms with E-state index < -0.39 is 0 Å². The molecule has 1 nitrogen and oxygen atoms in total. The molecule has 0 N–H and O–H groups in total. The van der Waals surface area contributed by atoms with Gasteiger partial charge in [-0.3, -0.25) is 0 Å². The maximum absolute atomic E-state index is 9.78. The molecular formula is C24H17N. The molecule has 0 spiro atoms. The summed E-state index contributed by atoms with van der Waals surface area (Å²) >= 11 is 0. The van der Waals surface area contributed by atoms with Gasteiger partial charge in [0.1, 0.15) is 0 Å². The zero-order chi connectivity index (χ0) is 17.3. The third kappa shape index (κ3) is 1.67. The van der Waals surface area contributed by atoms with Crippen LogP contribution in [0.2, 0.25) is 0 Å². The molecule has 0 heterocycles. The summed E-state index contributed by atoms with van der Waals surface area (Å²) in [5, 5.41) is 19.7. The van der Waals surface area contributed by atoms with Crippen LogP contribution in [0.15, 0.2) is 48.5 Å². The van der Waals surface area contributed by atoms with Crippen molar-refractivity contribution in [3.8, 4) is 6.07 Å². The molecule has 25 heavy (non-hydrogen) atoms. The fourth-order valence-electron chi connectivity index (χ4n) is 4.64. The van der Waals surface area contributed by atoms with E-state index in [0.717, 1.165) is 10.9 Å². The van der Waals surface area contributed by atoms with E-state index in [-0.39, 0.29) is 0 Å². The molecule has 0 amide bonds. The van der Waals surface area contributed by atoms with Crippen molar-refractivity contribution in [2.45, 2.75) is 20.8 Å². The van der Waals surface area contributed by atoms with Crippen LogP contribution in [0.1, 0.15) is 22.3 Å². The minimum atomic E-state index is 0.764. The normalized spacial score (nSPS) is 11.8. The SMILES string of the molecule is Cc1ccc2c3cccc4ccc(C#N)c(c5c(C)cc(C)c1c25)c43. The van der Waals surface area contributed by atoms with Crippen LogP contribution in [0, 0.1) is 32.1 Å². The number of hydrogen-bond donors (Lipinski definition) is 0. The lowest BCUT2D eigenvalue weighted by atomic mass is 9.84. The van der Waals surface area contributed by atoms with Crippen LogP contribution in [0.4, 0.5) is 0 Å². The molecule has 1 heteroatoms. The van der Waals surface area contributed by atoms with E-state index in [1.54, 1.807) is 0 Å². The van der Waals surface area contributed by atoms with Crippen molar-refractivity contribution in [1.82, 2.24) is 0 Å². The van der Waals surface area contributed by atoms with Crippen LogP contribution in [-0.2, 0) is 0 Å². The number of fused-ring (bicyclic) bond motifs is 2. The van der Waals surface area contributed by atoms with Gasteiger partial charge in [0.05, 0.1) is 11.6 Å². The minimum Gasteiger partial charge on any atom is -0.192 e. The summed E-state index contributed by atoms with van der Waals surface area (Å²) in [6.07, 6.45) is 0. The number of benzene rings is 5. The zero-order valence-corrected chi connectivity index (χ0v) is 14.6. The Hall–Kier alpha value is -3.11. The molecule has 0 aliphatic carbocycles. The van der Waals surface area contributed by atoms with Crippen molar-refractivity contribution in [2.24, 2.45) is 0 Å². The number of rotatable bonds is 0. The third-order valence-corrected chi connectivity index (χ3v) is 5.59. The van der Waals surface area contributed by atoms with Gasteiger partial charge in [0.2, 0.25) is 0 Å². The molecule has 5 rings (SSSR count). The molecule has 5 aromatic rings. The summed E-state index contributed by atoms with van der Waals surface area (Å²) in [4.78, 5) is 0. The average molecular weight is 319 g/mol. The number of nitriles is 1. The number of aryl methyl sites for hydroxylation is 3. The van der Waals surface area contributed by atoms with Crippen molar-refractivity contribution in [3.63, 3.8) is 0 Å². The maximum Gasteiger partial charge on any atom is 0.0998 e. The van der Waals surface area contributed by atoms with Crippen molar-refractivity contribution in [1.29, 1.82) is 5.26 Å². The van der Waals surface area contributed by atoms with Gasteiger partial charge in [-0.1, -0.05) is 42.5 Å². The van der Waals surface area contributed by atoms with Gasteiger partial charge in [-0.2, -0.15) is 5.26 Å². The lowest BCUT2D eigenvalue weighted by molar-refractivity contribution is 1.43. The molecule has 0 fully saturated rings. The monoisotopic (exact) mass is 319 g/mol. The van der Waals surface area contributed by atoms with Crippen LogP contribution in [0.3, 0.4) is 0 Å². The second-order valence-electron chi connectivity index (χ2n) is 7.07. The van der Waals surface area contributed by atoms with Crippen LogP contribution in [0.5, 0.6) is 0 Å². The Morgan fingerprint density at radius 3 is 2.20 bits per heavy atom. The quantitative estimate of drug-likeness (QED) is 0.235. The van der Waals surface area contributed by atoms with E-state index in [1.165, 1.54) is 54.4 Å². The smallest absolute Gasteiger partial charge is 0.0998 e. The summed E-state index contributed by atoms with van der Waals surface area (Å²) < 4.78 is 0. The first kappa shape index (κ1) is 14.3. The van der Waals surface area contributed by atoms with E-state index >= 15 is 0 Å². The predicted octanol–water partition coefficient (Wildman–Crippen LogP) is 6.53. The predicted molar refractivity (Wildman–Crippen MR) is 107 cm³/mol. The van der Waals surface area contributed by atoms with E-state index in [1.807, 2.05) is 6.07 Å². The molecule has 5 aromatic carbocycles. The van der Waals surface area contributed by atoms with Crippen molar-refractivity contribution >= 4 is 43.1 Å². The minimum absolute atomic E-state index is 0.764. The van der Waals surface area contributed by atoms with Gasteiger partial charge in [-0.05, 0) is 81.2 Å². The Bertz CT molecular complexity index is 1370. The van der Waals surface area contributed by atoms with E-state index in [4.69, 9.17) is 0 Å². The van der Waals surface area contributed by atoms with Gasteiger partial charge in [0, 0.05) is 5.39 Å². The van der Waals surface area contributed by atoms with Gasteiger partial charge >= 0.3 is 0 Å². The highest BCUT2D eigenvalue weighted by atomic mass is 14.3. The second-order valence-corrected chi connectivity index (χ2v) is 7.07. The first-order valence-electron chi connectivity index (χ1n) is 8.62. The Balaban J connectivity index is 2.33. The first-order valence-corrected chi connectivity index (χ1v) is 8.62. The number of nitrogens with zero attached hydrogens (tertiary/aromatic N) is 1. The largest absolute Gasteiger partial charge is 0.192 e. The summed E-state index contributed by atoms with van der Waals surface area (Å²) in [6.45, 7) is 6.54. The van der Waals surface area contributed by atoms with E-state index in [2.05, 4.69) is 69.3 Å². The van der Waals surface area contributed by atoms with Gasteiger partial charge in [0.15, 0.2) is 0 Å². The standard InChI is InChI=1S/C24H17N/c1-13-7-10-19-18-6-4-5-16-8-9-17(12-25)23(22(16)18)21-15(3)11-14(2)20(13)24(19)21/h4-11H,1-3H3. The lowest BCUT2D eigenvalue weighted by Gasteiger charge is -2.19. The van der Waals surface area contributed by atoms with E-state index in [0.29, 0.717) is 0 Å². The Kier molecular flexibility index (Phi) is 2.68. The summed E-state index contributed by atoms with van der Waals surface area (Å²) in [7, 11) is 0. The Labute approximate surface area is 146 Å². The molecule has 0 aliphatic rings. The summed E-state index contributed by atoms with van der Waals surface area (Å²) in [5.74, 6) is 0. The highest BCUT2D eigenvalue weighted by Gasteiger charge is 2.18. The molecule has 0 aromatic heterocycles. The molecule has 0 saturated heterocycles. The molecule has 118 valence electrons. The summed E-state index contributed by atoms with van der Waals surface area (Å²) in [6, 6.07) is 19.7. The third-order valence-electron chi connectivity index (χ3n) is 5.59. The van der Waals surface area contributed by atoms with Gasteiger partial charge in [-0.15, -0.1) is 0 Å². The average Bonchev–Trinajstić information content (AvgIpc) is 2.61. The fourth-order valence-corrected chi connectivity index (χ4v) is 4.64. The summed E-state index contributed by atoms with van der Waals surface area (Å²) in [5.41, 5.74) is 4.61. The lowest BCUT2D eigenvalue weighted by Crippen LogP contribution is -1.94. The maximum atomic E-state index is 9.78. The second kappa shape index (κ2) is 4.71. The van der Waals surface area contributed by atoms with Crippen molar-refractivity contribution in [2.75, 3.05) is 0 Å². The number of hydrogen-bond acceptors (Lipinski definition) is 1. The highest BCUT2D eigenvalue weighted by molar-refractivity contribution is 6.35. The van der Waals surface area contributed by atoms with Gasteiger partial charge in [0.25, 0.3) is 0 Å². The fraction of sp³-hybridized carbons (Fsp3) is 0.125. The topological polar surface area (TPSA) is 23.8 Å². The van der Waals surface area contributed by atoms with Crippen molar-refractivity contribution in [3.05, 3.63) is 70.8 Å². The van der Waals surface area contributed by atoms with Gasteiger partial charge < -0.3 is 0 Å². The van der Waals surface area contributed by atoms with Crippen LogP contribution in [0.25, 0.3) is 43.1 Å². The zero-order valence-electron chi connectivity index (χ0n) is 14.6. The van der Waals surface area contributed by atoms with E-state index in [9.17, 15) is 5.26 Å². The molecule has 0 saturated carbocycles. The van der Waals surface area contributed by atoms with Crippen LogP contribution >= 0.6 is 0 Å². The van der Waals surface area contributed by atoms with Crippen molar-refractivity contribution < 1.29 is 0 Å². The Morgan fingerprint density at radius 1 is 0.640 bits per heavy atom. The van der Waals surface area contributed by atoms with Crippen LogP contribution < -0.4 is 0 Å². The molecule has 0 unspecified atom stereocenters.